The Morgan fingerprint density at radius 1 is 1.07 bits per heavy atom. The lowest BCUT2D eigenvalue weighted by molar-refractivity contribution is 0.0746. The molecule has 0 bridgehead atoms. The first kappa shape index (κ1) is 17.5. The van der Waals surface area contributed by atoms with E-state index in [1.807, 2.05) is 15.6 Å². The molecule has 0 saturated carbocycles. The third-order valence-electron chi connectivity index (χ3n) is 5.10. The molecule has 2 aromatic heterocycles. The molecule has 4 rings (SSSR count). The van der Waals surface area contributed by atoms with Gasteiger partial charge in [0.05, 0.1) is 11.8 Å². The summed E-state index contributed by atoms with van der Waals surface area (Å²) >= 11 is 0. The first-order valence-corrected chi connectivity index (χ1v) is 9.47. The van der Waals surface area contributed by atoms with E-state index in [2.05, 4.69) is 60.0 Å². The number of nitrogens with zero attached hydrogens (tertiary/aromatic N) is 5. The van der Waals surface area contributed by atoms with E-state index in [0.29, 0.717) is 5.56 Å². The van der Waals surface area contributed by atoms with E-state index in [9.17, 15) is 4.79 Å². The summed E-state index contributed by atoms with van der Waals surface area (Å²) in [5, 5.41) is 5.29. The smallest absolute Gasteiger partial charge is 0.255 e. The second-order valence-electron chi connectivity index (χ2n) is 7.44. The van der Waals surface area contributed by atoms with E-state index in [0.717, 1.165) is 37.2 Å². The number of hydrogen-bond donors (Lipinski definition) is 0. The highest BCUT2D eigenvalue weighted by molar-refractivity contribution is 5.97. The van der Waals surface area contributed by atoms with Crippen molar-refractivity contribution < 1.29 is 4.79 Å². The van der Waals surface area contributed by atoms with Gasteiger partial charge in [-0.3, -0.25) is 4.79 Å². The van der Waals surface area contributed by atoms with Crippen LogP contribution in [0.5, 0.6) is 0 Å². The van der Waals surface area contributed by atoms with Crippen molar-refractivity contribution in [1.82, 2.24) is 19.7 Å². The Morgan fingerprint density at radius 3 is 2.56 bits per heavy atom. The van der Waals surface area contributed by atoms with Crippen LogP contribution in [0, 0.1) is 6.92 Å². The van der Waals surface area contributed by atoms with Crippen LogP contribution in [-0.2, 0) is 0 Å². The Morgan fingerprint density at radius 2 is 1.85 bits per heavy atom. The van der Waals surface area contributed by atoms with E-state index in [-0.39, 0.29) is 11.9 Å². The maximum Gasteiger partial charge on any atom is 0.255 e. The Balaban J connectivity index is 1.47. The van der Waals surface area contributed by atoms with Crippen molar-refractivity contribution in [2.24, 2.45) is 0 Å². The number of fused-ring (bicyclic) bond motifs is 1. The van der Waals surface area contributed by atoms with Crippen LogP contribution in [0.15, 0.2) is 42.7 Å². The van der Waals surface area contributed by atoms with Gasteiger partial charge >= 0.3 is 0 Å². The average molecular weight is 363 g/mol. The van der Waals surface area contributed by atoms with E-state index in [1.54, 1.807) is 12.4 Å². The second kappa shape index (κ2) is 7.02. The van der Waals surface area contributed by atoms with E-state index < -0.39 is 0 Å². The molecule has 6 heteroatoms. The molecule has 1 amide bonds. The molecule has 1 aliphatic heterocycles. The lowest BCUT2D eigenvalue weighted by atomic mass is 10.1. The van der Waals surface area contributed by atoms with Crippen LogP contribution in [0.1, 0.15) is 35.8 Å². The van der Waals surface area contributed by atoms with Crippen molar-refractivity contribution in [2.75, 3.05) is 31.1 Å². The quantitative estimate of drug-likeness (QED) is 0.717. The summed E-state index contributed by atoms with van der Waals surface area (Å²) in [4.78, 5) is 21.7. The van der Waals surface area contributed by atoms with Crippen molar-refractivity contribution >= 4 is 22.6 Å². The molecule has 3 heterocycles. The predicted molar refractivity (Wildman–Crippen MR) is 107 cm³/mol. The molecule has 1 fully saturated rings. The molecule has 0 atom stereocenters. The number of hydrogen-bond acceptors (Lipinski definition) is 4. The van der Waals surface area contributed by atoms with Crippen molar-refractivity contribution in [1.29, 1.82) is 0 Å². The fourth-order valence-corrected chi connectivity index (χ4v) is 3.61. The van der Waals surface area contributed by atoms with Gasteiger partial charge in [0.15, 0.2) is 5.65 Å². The number of rotatable bonds is 3. The Labute approximate surface area is 159 Å². The normalized spacial score (nSPS) is 15.0. The van der Waals surface area contributed by atoms with Crippen LogP contribution in [0.2, 0.25) is 0 Å². The summed E-state index contributed by atoms with van der Waals surface area (Å²) in [5.41, 5.74) is 3.94. The number of piperazine rings is 1. The van der Waals surface area contributed by atoms with Crippen LogP contribution >= 0.6 is 0 Å². The molecule has 3 aromatic rings. The fraction of sp³-hybridized carbons (Fsp3) is 0.381. The molecule has 1 saturated heterocycles. The van der Waals surface area contributed by atoms with Crippen LogP contribution in [0.3, 0.4) is 0 Å². The molecule has 0 N–H and O–H groups in total. The van der Waals surface area contributed by atoms with Crippen LogP contribution in [-0.4, -0.2) is 51.8 Å². The molecule has 0 unspecified atom stereocenters. The summed E-state index contributed by atoms with van der Waals surface area (Å²) in [5.74, 6) is 0.0468. The highest BCUT2D eigenvalue weighted by Crippen LogP contribution is 2.20. The molecular formula is C21H25N5O. The molecule has 1 aliphatic rings. The van der Waals surface area contributed by atoms with Gasteiger partial charge in [-0.25, -0.2) is 9.67 Å². The number of aryl methyl sites for hydroxylation is 1. The summed E-state index contributed by atoms with van der Waals surface area (Å²) in [6.07, 6.45) is 3.47. The SMILES string of the molecule is Cc1cccc(N2CCN(C(=O)c3cnc4c(cnn4C(C)C)c3)CC2)c1. The molecule has 0 radical (unpaired) electrons. The zero-order valence-electron chi connectivity index (χ0n) is 16.1. The van der Waals surface area contributed by atoms with Gasteiger partial charge in [0.1, 0.15) is 0 Å². The van der Waals surface area contributed by atoms with Crippen LogP contribution in [0.4, 0.5) is 5.69 Å². The third kappa shape index (κ3) is 3.39. The molecule has 1 aromatic carbocycles. The summed E-state index contributed by atoms with van der Waals surface area (Å²) in [7, 11) is 0. The summed E-state index contributed by atoms with van der Waals surface area (Å²) in [6, 6.07) is 10.7. The molecule has 140 valence electrons. The minimum Gasteiger partial charge on any atom is -0.368 e. The number of aromatic nitrogens is 3. The molecule has 27 heavy (non-hydrogen) atoms. The molecular weight excluding hydrogens is 338 g/mol. The number of amides is 1. The van der Waals surface area contributed by atoms with Gasteiger partial charge in [-0.15, -0.1) is 0 Å². The Bertz CT molecular complexity index is 970. The zero-order chi connectivity index (χ0) is 19.0. The Kier molecular flexibility index (Phi) is 4.56. The van der Waals surface area contributed by atoms with Gasteiger partial charge in [-0.05, 0) is 44.5 Å². The number of carbonyl (C=O) groups excluding carboxylic acids is 1. The number of anilines is 1. The maximum atomic E-state index is 12.9. The summed E-state index contributed by atoms with van der Waals surface area (Å²) < 4.78 is 1.88. The van der Waals surface area contributed by atoms with Crippen molar-refractivity contribution in [3.05, 3.63) is 53.9 Å². The number of carbonyl (C=O) groups is 1. The lowest BCUT2D eigenvalue weighted by Crippen LogP contribution is -2.48. The van der Waals surface area contributed by atoms with Gasteiger partial charge < -0.3 is 9.80 Å². The minimum absolute atomic E-state index is 0.0468. The summed E-state index contributed by atoms with van der Waals surface area (Å²) in [6.45, 7) is 9.37. The Hall–Kier alpha value is -2.89. The second-order valence-corrected chi connectivity index (χ2v) is 7.44. The molecule has 0 spiro atoms. The predicted octanol–water partition coefficient (Wildman–Crippen LogP) is 3.28. The highest BCUT2D eigenvalue weighted by atomic mass is 16.2. The highest BCUT2D eigenvalue weighted by Gasteiger charge is 2.23. The van der Waals surface area contributed by atoms with E-state index in [1.165, 1.54) is 11.3 Å². The lowest BCUT2D eigenvalue weighted by Gasteiger charge is -2.36. The maximum absolute atomic E-state index is 12.9. The monoisotopic (exact) mass is 363 g/mol. The van der Waals surface area contributed by atoms with Gasteiger partial charge in [-0.2, -0.15) is 5.10 Å². The minimum atomic E-state index is 0.0468. The zero-order valence-corrected chi connectivity index (χ0v) is 16.1. The average Bonchev–Trinajstić information content (AvgIpc) is 3.11. The van der Waals surface area contributed by atoms with E-state index in [4.69, 9.17) is 0 Å². The number of pyridine rings is 1. The van der Waals surface area contributed by atoms with Crippen molar-refractivity contribution in [3.63, 3.8) is 0 Å². The topological polar surface area (TPSA) is 54.3 Å². The van der Waals surface area contributed by atoms with Crippen molar-refractivity contribution in [2.45, 2.75) is 26.8 Å². The van der Waals surface area contributed by atoms with Gasteiger partial charge in [0.25, 0.3) is 5.91 Å². The number of benzene rings is 1. The van der Waals surface area contributed by atoms with Crippen LogP contribution in [0.25, 0.3) is 11.0 Å². The standard InChI is InChI=1S/C21H25N5O/c1-15(2)26-20-17(14-23-26)12-18(13-22-20)21(27)25-9-7-24(8-10-25)19-6-4-5-16(3)11-19/h4-6,11-15H,7-10H2,1-3H3. The van der Waals surface area contributed by atoms with E-state index >= 15 is 0 Å². The van der Waals surface area contributed by atoms with Gasteiger partial charge in [-0.1, -0.05) is 12.1 Å². The molecule has 0 aliphatic carbocycles. The first-order chi connectivity index (χ1) is 13.0. The third-order valence-corrected chi connectivity index (χ3v) is 5.10. The fourth-order valence-electron chi connectivity index (χ4n) is 3.61. The van der Waals surface area contributed by atoms with Gasteiger partial charge in [0, 0.05) is 49.5 Å². The molecule has 6 nitrogen and oxygen atoms in total. The van der Waals surface area contributed by atoms with Crippen LogP contribution < -0.4 is 4.90 Å². The largest absolute Gasteiger partial charge is 0.368 e. The van der Waals surface area contributed by atoms with Crippen molar-refractivity contribution in [3.8, 4) is 0 Å². The first-order valence-electron chi connectivity index (χ1n) is 9.47. The van der Waals surface area contributed by atoms with Gasteiger partial charge in [0.2, 0.25) is 0 Å².